The van der Waals surface area contributed by atoms with E-state index in [0.717, 1.165) is 21.9 Å². The van der Waals surface area contributed by atoms with Crippen LogP contribution in [-0.2, 0) is 16.0 Å². The first-order valence-corrected chi connectivity index (χ1v) is 5.54. The van der Waals surface area contributed by atoms with Gasteiger partial charge in [-0.2, -0.15) is 0 Å². The number of aliphatic hydroxyl groups excluding tert-OH is 1. The summed E-state index contributed by atoms with van der Waals surface area (Å²) in [5, 5.41) is 8.97. The number of carbonyl (C=O) groups excluding carboxylic acids is 1. The lowest BCUT2D eigenvalue weighted by Crippen LogP contribution is -2.08. The van der Waals surface area contributed by atoms with Gasteiger partial charge in [-0.3, -0.25) is 0 Å². The molecule has 0 heterocycles. The number of methoxy groups -OCH3 is 1. The Balaban J connectivity index is 2.95. The highest BCUT2D eigenvalue weighted by Crippen LogP contribution is 2.19. The first-order valence-electron chi connectivity index (χ1n) is 4.75. The van der Waals surface area contributed by atoms with Crippen molar-refractivity contribution in [2.75, 3.05) is 7.11 Å². The van der Waals surface area contributed by atoms with E-state index >= 15 is 0 Å². The van der Waals surface area contributed by atoms with E-state index in [0.29, 0.717) is 6.42 Å². The molecule has 1 aromatic rings. The predicted octanol–water partition coefficient (Wildman–Crippen LogP) is 2.91. The summed E-state index contributed by atoms with van der Waals surface area (Å²) in [6.45, 7) is 1.95. The van der Waals surface area contributed by atoms with Gasteiger partial charge in [-0.05, 0) is 30.2 Å². The maximum Gasteiger partial charge on any atom is 0.337 e. The lowest BCUT2D eigenvalue weighted by Gasteiger charge is -2.07. The molecule has 0 unspecified atom stereocenters. The van der Waals surface area contributed by atoms with Crippen molar-refractivity contribution < 1.29 is 14.6 Å². The fourth-order valence-corrected chi connectivity index (χ4v) is 1.75. The van der Waals surface area contributed by atoms with Gasteiger partial charge in [0.1, 0.15) is 0 Å². The number of rotatable bonds is 3. The molecule has 0 aromatic heterocycles. The van der Waals surface area contributed by atoms with Crippen LogP contribution >= 0.6 is 15.9 Å². The summed E-state index contributed by atoms with van der Waals surface area (Å²) >= 11 is 3.36. The van der Waals surface area contributed by atoms with Crippen LogP contribution in [0.1, 0.15) is 11.1 Å². The Morgan fingerprint density at radius 3 is 2.81 bits per heavy atom. The molecular formula is C12H13BrO3. The van der Waals surface area contributed by atoms with Crippen LogP contribution in [0.15, 0.2) is 34.5 Å². The smallest absolute Gasteiger partial charge is 0.337 e. The molecule has 0 aliphatic carbocycles. The molecule has 4 heteroatoms. The van der Waals surface area contributed by atoms with Crippen LogP contribution < -0.4 is 0 Å². The Hall–Kier alpha value is -1.29. The molecule has 0 spiro atoms. The van der Waals surface area contributed by atoms with Crippen molar-refractivity contribution in [3.05, 3.63) is 45.6 Å². The fraction of sp³-hybridized carbons (Fsp3) is 0.250. The number of esters is 1. The van der Waals surface area contributed by atoms with Gasteiger partial charge in [-0.25, -0.2) is 4.79 Å². The molecule has 1 aromatic carbocycles. The number of carbonyl (C=O) groups is 1. The van der Waals surface area contributed by atoms with E-state index in [1.165, 1.54) is 7.11 Å². The van der Waals surface area contributed by atoms with Gasteiger partial charge in [0.2, 0.25) is 0 Å². The van der Waals surface area contributed by atoms with Gasteiger partial charge >= 0.3 is 5.97 Å². The van der Waals surface area contributed by atoms with Gasteiger partial charge in [-0.1, -0.05) is 22.0 Å². The van der Waals surface area contributed by atoms with Crippen molar-refractivity contribution in [2.45, 2.75) is 13.3 Å². The third-order valence-corrected chi connectivity index (χ3v) is 2.79. The Morgan fingerprint density at radius 2 is 2.25 bits per heavy atom. The first-order chi connectivity index (χ1) is 7.58. The maximum absolute atomic E-state index is 11.3. The highest BCUT2D eigenvalue weighted by Gasteiger charge is 2.12. The van der Waals surface area contributed by atoms with Gasteiger partial charge in [0.05, 0.1) is 18.9 Å². The molecule has 0 bridgehead atoms. The molecule has 0 aliphatic heterocycles. The zero-order chi connectivity index (χ0) is 12.1. The third kappa shape index (κ3) is 3.10. The molecule has 1 N–H and O–H groups in total. The highest BCUT2D eigenvalue weighted by atomic mass is 79.9. The second-order valence-corrected chi connectivity index (χ2v) is 4.31. The normalized spacial score (nSPS) is 11.3. The molecule has 0 atom stereocenters. The maximum atomic E-state index is 11.3. The van der Waals surface area contributed by atoms with E-state index in [2.05, 4.69) is 20.7 Å². The van der Waals surface area contributed by atoms with E-state index in [9.17, 15) is 4.79 Å². The predicted molar refractivity (Wildman–Crippen MR) is 65.3 cm³/mol. The number of aryl methyl sites for hydroxylation is 1. The van der Waals surface area contributed by atoms with Crippen molar-refractivity contribution in [1.82, 2.24) is 0 Å². The molecule has 86 valence electrons. The number of hydrogen-bond acceptors (Lipinski definition) is 3. The quantitative estimate of drug-likeness (QED) is 0.527. The first kappa shape index (κ1) is 12.8. The average Bonchev–Trinajstić information content (AvgIpc) is 2.29. The van der Waals surface area contributed by atoms with E-state index in [-0.39, 0.29) is 5.57 Å². The van der Waals surface area contributed by atoms with Gasteiger partial charge in [0, 0.05) is 10.9 Å². The topological polar surface area (TPSA) is 46.5 Å². The number of hydrogen-bond donors (Lipinski definition) is 1. The van der Waals surface area contributed by atoms with E-state index in [4.69, 9.17) is 5.11 Å². The minimum atomic E-state index is -0.512. The Morgan fingerprint density at radius 1 is 1.56 bits per heavy atom. The van der Waals surface area contributed by atoms with Gasteiger partial charge < -0.3 is 9.84 Å². The van der Waals surface area contributed by atoms with Crippen LogP contribution in [0.3, 0.4) is 0 Å². The number of benzene rings is 1. The minimum absolute atomic E-state index is 0.240. The number of aliphatic hydroxyl groups is 1. The van der Waals surface area contributed by atoms with Gasteiger partial charge in [-0.15, -0.1) is 0 Å². The zero-order valence-corrected chi connectivity index (χ0v) is 10.7. The van der Waals surface area contributed by atoms with Gasteiger partial charge in [0.25, 0.3) is 0 Å². The van der Waals surface area contributed by atoms with Crippen molar-refractivity contribution in [3.8, 4) is 0 Å². The monoisotopic (exact) mass is 284 g/mol. The number of halogens is 1. The second kappa shape index (κ2) is 5.70. The van der Waals surface area contributed by atoms with Crippen molar-refractivity contribution in [1.29, 1.82) is 0 Å². The molecule has 1 rings (SSSR count). The van der Waals surface area contributed by atoms with Crippen LogP contribution in [0.4, 0.5) is 0 Å². The number of ether oxygens (including phenoxy) is 1. The average molecular weight is 285 g/mol. The molecule has 0 saturated heterocycles. The summed E-state index contributed by atoms with van der Waals surface area (Å²) in [5.74, 6) is -0.512. The summed E-state index contributed by atoms with van der Waals surface area (Å²) in [6.07, 6.45) is 1.15. The van der Waals surface area contributed by atoms with Crippen LogP contribution in [0, 0.1) is 6.92 Å². The van der Waals surface area contributed by atoms with Crippen LogP contribution in [0.25, 0.3) is 0 Å². The fourth-order valence-electron chi connectivity index (χ4n) is 1.34. The molecule has 16 heavy (non-hydrogen) atoms. The van der Waals surface area contributed by atoms with E-state index < -0.39 is 5.97 Å². The van der Waals surface area contributed by atoms with Gasteiger partial charge in [0.15, 0.2) is 0 Å². The van der Waals surface area contributed by atoms with Crippen molar-refractivity contribution in [2.24, 2.45) is 0 Å². The summed E-state index contributed by atoms with van der Waals surface area (Å²) in [7, 11) is 1.29. The molecule has 0 aliphatic rings. The summed E-state index contributed by atoms with van der Waals surface area (Å²) in [4.78, 5) is 11.3. The summed E-state index contributed by atoms with van der Waals surface area (Å²) in [6, 6.07) is 5.80. The second-order valence-electron chi connectivity index (χ2n) is 3.39. The van der Waals surface area contributed by atoms with Crippen molar-refractivity contribution in [3.63, 3.8) is 0 Å². The lowest BCUT2D eigenvalue weighted by molar-refractivity contribution is -0.136. The summed E-state index contributed by atoms with van der Waals surface area (Å²) in [5.41, 5.74) is 2.27. The molecule has 0 amide bonds. The SMILES string of the molecule is COC(=O)C(=CO)Cc1cc(Br)ccc1C. The summed E-state index contributed by atoms with van der Waals surface area (Å²) < 4.78 is 5.51. The largest absolute Gasteiger partial charge is 0.515 e. The zero-order valence-electron chi connectivity index (χ0n) is 9.16. The Bertz CT molecular complexity index is 424. The van der Waals surface area contributed by atoms with Crippen molar-refractivity contribution >= 4 is 21.9 Å². The lowest BCUT2D eigenvalue weighted by atomic mass is 10.0. The Kier molecular flexibility index (Phi) is 4.55. The molecular weight excluding hydrogens is 272 g/mol. The van der Waals surface area contributed by atoms with Crippen LogP contribution in [0.2, 0.25) is 0 Å². The Labute approximate surface area is 103 Å². The van der Waals surface area contributed by atoms with E-state index in [1.807, 2.05) is 25.1 Å². The third-order valence-electron chi connectivity index (χ3n) is 2.30. The molecule has 3 nitrogen and oxygen atoms in total. The molecule has 0 fully saturated rings. The van der Waals surface area contributed by atoms with Crippen LogP contribution in [-0.4, -0.2) is 18.2 Å². The van der Waals surface area contributed by atoms with E-state index in [1.54, 1.807) is 0 Å². The standard InChI is InChI=1S/C12H13BrO3/c1-8-3-4-11(13)6-9(8)5-10(7-14)12(15)16-2/h3-4,6-7,14H,5H2,1-2H3. The minimum Gasteiger partial charge on any atom is -0.515 e. The molecule has 0 saturated carbocycles. The van der Waals surface area contributed by atoms with Crippen LogP contribution in [0.5, 0.6) is 0 Å². The highest BCUT2D eigenvalue weighted by molar-refractivity contribution is 9.10. The molecule has 0 radical (unpaired) electrons.